The van der Waals surface area contributed by atoms with E-state index < -0.39 is 0 Å². The maximum atomic E-state index is 12.8. The van der Waals surface area contributed by atoms with Gasteiger partial charge < -0.3 is 19.5 Å². The number of fused-ring (bicyclic) bond motifs is 1. The molecule has 0 aromatic carbocycles. The number of morpholine rings is 1. The lowest BCUT2D eigenvalue weighted by molar-refractivity contribution is 0.0291. The van der Waals surface area contributed by atoms with E-state index in [-0.39, 0.29) is 11.8 Å². The minimum atomic E-state index is -0.126. The van der Waals surface area contributed by atoms with Crippen LogP contribution in [0.25, 0.3) is 0 Å². The summed E-state index contributed by atoms with van der Waals surface area (Å²) in [5, 5.41) is 2.99. The number of aromatic nitrogens is 2. The molecule has 2 aliphatic heterocycles. The van der Waals surface area contributed by atoms with E-state index in [4.69, 9.17) is 4.74 Å². The summed E-state index contributed by atoms with van der Waals surface area (Å²) in [6, 6.07) is 0.293. The molecule has 1 N–H and O–H groups in total. The molecule has 3 heterocycles. The van der Waals surface area contributed by atoms with Crippen molar-refractivity contribution in [2.75, 3.05) is 26.3 Å². The summed E-state index contributed by atoms with van der Waals surface area (Å²) in [5.41, 5.74) is 1.37. The summed E-state index contributed by atoms with van der Waals surface area (Å²) >= 11 is 0. The molecule has 0 bridgehead atoms. The second-order valence-electron chi connectivity index (χ2n) is 6.49. The number of imidazole rings is 1. The largest absolute Gasteiger partial charge is 0.378 e. The molecule has 4 rings (SSSR count). The molecule has 3 aliphatic rings. The highest BCUT2D eigenvalue weighted by molar-refractivity contribution is 5.97. The Balaban J connectivity index is 1.64. The molecule has 1 aliphatic carbocycles. The van der Waals surface area contributed by atoms with Gasteiger partial charge in [0, 0.05) is 25.7 Å². The molecule has 2 amide bonds. The molecular weight excluding hydrogens is 296 g/mol. The van der Waals surface area contributed by atoms with Gasteiger partial charge in [0.15, 0.2) is 5.82 Å². The number of nitrogens with one attached hydrogen (secondary N) is 1. The molecule has 1 aromatic rings. The van der Waals surface area contributed by atoms with Crippen LogP contribution in [0.5, 0.6) is 0 Å². The van der Waals surface area contributed by atoms with Crippen LogP contribution in [0.3, 0.4) is 0 Å². The van der Waals surface area contributed by atoms with Gasteiger partial charge >= 0.3 is 0 Å². The van der Waals surface area contributed by atoms with Crippen LogP contribution in [0.15, 0.2) is 0 Å². The number of carbonyl (C=O) groups is 2. The quantitative estimate of drug-likeness (QED) is 0.885. The molecular formula is C16H22N4O3. The molecule has 0 spiro atoms. The Labute approximate surface area is 135 Å². The highest BCUT2D eigenvalue weighted by Crippen LogP contribution is 2.24. The van der Waals surface area contributed by atoms with Crippen molar-refractivity contribution >= 4 is 11.8 Å². The van der Waals surface area contributed by atoms with Gasteiger partial charge in [-0.2, -0.15) is 0 Å². The number of ether oxygens (including phenoxy) is 1. The zero-order chi connectivity index (χ0) is 15.8. The van der Waals surface area contributed by atoms with Gasteiger partial charge in [0.2, 0.25) is 0 Å². The van der Waals surface area contributed by atoms with Crippen LogP contribution in [-0.4, -0.2) is 58.6 Å². The number of amides is 2. The lowest BCUT2D eigenvalue weighted by Gasteiger charge is -2.27. The van der Waals surface area contributed by atoms with Gasteiger partial charge in [0.05, 0.1) is 18.9 Å². The van der Waals surface area contributed by atoms with E-state index in [1.165, 1.54) is 0 Å². The number of hydrogen-bond acceptors (Lipinski definition) is 4. The standard InChI is InChI=1S/C16H22N4O3/c21-15(17-11-4-5-11)13-12-3-1-2-6-20(12)14(18-13)16(22)19-7-9-23-10-8-19/h11H,1-10H2,(H,17,21). The first-order valence-electron chi connectivity index (χ1n) is 8.51. The average Bonchev–Trinajstić information content (AvgIpc) is 3.32. The molecule has 124 valence electrons. The van der Waals surface area contributed by atoms with E-state index in [1.807, 2.05) is 4.57 Å². The topological polar surface area (TPSA) is 76.5 Å². The Morgan fingerprint density at radius 3 is 2.65 bits per heavy atom. The van der Waals surface area contributed by atoms with Crippen molar-refractivity contribution in [3.63, 3.8) is 0 Å². The van der Waals surface area contributed by atoms with Crippen molar-refractivity contribution in [1.82, 2.24) is 19.8 Å². The Kier molecular flexibility index (Phi) is 3.80. The highest BCUT2D eigenvalue weighted by atomic mass is 16.5. The molecule has 23 heavy (non-hydrogen) atoms. The summed E-state index contributed by atoms with van der Waals surface area (Å²) in [6.07, 6.45) is 4.97. The number of carbonyl (C=O) groups excluding carboxylic acids is 2. The van der Waals surface area contributed by atoms with Gasteiger partial charge in [-0.05, 0) is 32.1 Å². The lowest BCUT2D eigenvalue weighted by Crippen LogP contribution is -2.42. The Bertz CT molecular complexity index is 630. The van der Waals surface area contributed by atoms with Crippen LogP contribution in [0.1, 0.15) is 52.5 Å². The molecule has 0 radical (unpaired) electrons. The molecule has 7 nitrogen and oxygen atoms in total. The molecule has 1 aromatic heterocycles. The van der Waals surface area contributed by atoms with Gasteiger partial charge in [0.25, 0.3) is 11.8 Å². The van der Waals surface area contributed by atoms with E-state index >= 15 is 0 Å². The second kappa shape index (κ2) is 5.96. The monoisotopic (exact) mass is 318 g/mol. The van der Waals surface area contributed by atoms with Crippen LogP contribution in [0.4, 0.5) is 0 Å². The minimum absolute atomic E-state index is 0.0816. The second-order valence-corrected chi connectivity index (χ2v) is 6.49. The Morgan fingerprint density at radius 2 is 1.91 bits per heavy atom. The van der Waals surface area contributed by atoms with Crippen molar-refractivity contribution in [2.45, 2.75) is 44.7 Å². The number of hydrogen-bond donors (Lipinski definition) is 1. The number of rotatable bonds is 3. The average molecular weight is 318 g/mol. The van der Waals surface area contributed by atoms with Crippen LogP contribution in [0, 0.1) is 0 Å². The Morgan fingerprint density at radius 1 is 1.13 bits per heavy atom. The fourth-order valence-corrected chi connectivity index (χ4v) is 3.28. The summed E-state index contributed by atoms with van der Waals surface area (Å²) in [7, 11) is 0. The van der Waals surface area contributed by atoms with Crippen molar-refractivity contribution in [1.29, 1.82) is 0 Å². The zero-order valence-electron chi connectivity index (χ0n) is 13.2. The van der Waals surface area contributed by atoms with E-state index in [9.17, 15) is 9.59 Å². The van der Waals surface area contributed by atoms with Crippen LogP contribution in [-0.2, 0) is 17.7 Å². The van der Waals surface area contributed by atoms with Gasteiger partial charge in [-0.3, -0.25) is 9.59 Å². The molecule has 0 unspecified atom stereocenters. The zero-order valence-corrected chi connectivity index (χ0v) is 13.2. The van der Waals surface area contributed by atoms with Gasteiger partial charge in [-0.1, -0.05) is 0 Å². The van der Waals surface area contributed by atoms with Gasteiger partial charge in [-0.15, -0.1) is 0 Å². The normalized spacial score (nSPS) is 21.0. The molecule has 0 atom stereocenters. The maximum Gasteiger partial charge on any atom is 0.290 e. The summed E-state index contributed by atoms with van der Waals surface area (Å²) in [6.45, 7) is 3.07. The van der Waals surface area contributed by atoms with E-state index in [1.54, 1.807) is 4.90 Å². The fourth-order valence-electron chi connectivity index (χ4n) is 3.28. The van der Waals surface area contributed by atoms with Gasteiger partial charge in [0.1, 0.15) is 5.69 Å². The van der Waals surface area contributed by atoms with Crippen molar-refractivity contribution in [3.05, 3.63) is 17.2 Å². The van der Waals surface area contributed by atoms with Crippen LogP contribution in [0.2, 0.25) is 0 Å². The predicted molar refractivity (Wildman–Crippen MR) is 82.4 cm³/mol. The minimum Gasteiger partial charge on any atom is -0.378 e. The summed E-state index contributed by atoms with van der Waals surface area (Å²) in [5.74, 6) is 0.212. The fraction of sp³-hybridized carbons (Fsp3) is 0.688. The van der Waals surface area contributed by atoms with Gasteiger partial charge in [-0.25, -0.2) is 4.98 Å². The predicted octanol–water partition coefficient (Wildman–Crippen LogP) is 0.584. The molecule has 1 saturated heterocycles. The lowest BCUT2D eigenvalue weighted by atomic mass is 10.1. The summed E-state index contributed by atoms with van der Waals surface area (Å²) < 4.78 is 7.27. The third-order valence-corrected chi connectivity index (χ3v) is 4.74. The smallest absolute Gasteiger partial charge is 0.290 e. The van der Waals surface area contributed by atoms with Crippen LogP contribution >= 0.6 is 0 Å². The molecule has 7 heteroatoms. The van der Waals surface area contributed by atoms with Crippen LogP contribution < -0.4 is 5.32 Å². The van der Waals surface area contributed by atoms with Crippen molar-refractivity contribution in [3.8, 4) is 0 Å². The maximum absolute atomic E-state index is 12.8. The highest BCUT2D eigenvalue weighted by Gasteiger charge is 2.32. The first-order chi connectivity index (χ1) is 11.2. The molecule has 1 saturated carbocycles. The summed E-state index contributed by atoms with van der Waals surface area (Å²) in [4.78, 5) is 31.5. The third kappa shape index (κ3) is 2.85. The number of nitrogens with zero attached hydrogens (tertiary/aromatic N) is 3. The van der Waals surface area contributed by atoms with Crippen molar-refractivity contribution in [2.24, 2.45) is 0 Å². The molecule has 2 fully saturated rings. The first kappa shape index (κ1) is 14.7. The Hall–Kier alpha value is -1.89. The van der Waals surface area contributed by atoms with E-state index in [0.29, 0.717) is 43.9 Å². The SMILES string of the molecule is O=C(NC1CC1)c1nc(C(=O)N2CCOCC2)n2c1CCCC2. The van der Waals surface area contributed by atoms with E-state index in [0.717, 1.165) is 44.3 Å². The third-order valence-electron chi connectivity index (χ3n) is 4.74. The first-order valence-corrected chi connectivity index (χ1v) is 8.51. The van der Waals surface area contributed by atoms with Crippen molar-refractivity contribution < 1.29 is 14.3 Å². The van der Waals surface area contributed by atoms with E-state index in [2.05, 4.69) is 10.3 Å².